The van der Waals surface area contributed by atoms with Crippen LogP contribution in [0.1, 0.15) is 30.7 Å². The first kappa shape index (κ1) is 19.8. The first-order chi connectivity index (χ1) is 14.6. The van der Waals surface area contributed by atoms with Gasteiger partial charge in [-0.25, -0.2) is 14.8 Å². The van der Waals surface area contributed by atoms with Gasteiger partial charge in [0.05, 0.1) is 25.3 Å². The molecule has 5 rings (SSSR count). The van der Waals surface area contributed by atoms with Crippen LogP contribution in [0.3, 0.4) is 0 Å². The van der Waals surface area contributed by atoms with Crippen LogP contribution < -0.4 is 15.1 Å². The number of nitrogens with zero attached hydrogens (tertiary/aromatic N) is 5. The van der Waals surface area contributed by atoms with Crippen molar-refractivity contribution in [1.29, 1.82) is 0 Å². The van der Waals surface area contributed by atoms with Crippen molar-refractivity contribution in [2.45, 2.75) is 31.8 Å². The number of ether oxygens (including phenoxy) is 2. The molecule has 0 aromatic carbocycles. The summed E-state index contributed by atoms with van der Waals surface area (Å²) in [6.07, 6.45) is 3.71. The number of morpholine rings is 1. The lowest BCUT2D eigenvalue weighted by atomic mass is 10.2. The van der Waals surface area contributed by atoms with Gasteiger partial charge >= 0.3 is 6.09 Å². The summed E-state index contributed by atoms with van der Waals surface area (Å²) in [6, 6.07) is 1.57. The second kappa shape index (κ2) is 8.16. The topological polar surface area (TPSA) is 92.7 Å². The van der Waals surface area contributed by atoms with Gasteiger partial charge in [0, 0.05) is 30.2 Å². The fraction of sp³-hybridized carbons (Fsp3) is 0.579. The van der Waals surface area contributed by atoms with Crippen molar-refractivity contribution >= 4 is 45.9 Å². The molecule has 2 saturated heterocycles. The van der Waals surface area contributed by atoms with Gasteiger partial charge < -0.3 is 19.7 Å². The minimum Gasteiger partial charge on any atom is -0.447 e. The molecule has 2 atom stereocenters. The van der Waals surface area contributed by atoms with Gasteiger partial charge in [-0.05, 0) is 25.7 Å². The number of rotatable bonds is 6. The molecule has 30 heavy (non-hydrogen) atoms. The van der Waals surface area contributed by atoms with E-state index in [-0.39, 0.29) is 23.3 Å². The van der Waals surface area contributed by atoms with Crippen molar-refractivity contribution in [2.75, 3.05) is 48.0 Å². The third kappa shape index (κ3) is 4.03. The number of halogens is 1. The predicted octanol–water partition coefficient (Wildman–Crippen LogP) is 3.33. The highest BCUT2D eigenvalue weighted by Crippen LogP contribution is 2.40. The number of nitrogens with one attached hydrogen (secondary N) is 1. The van der Waals surface area contributed by atoms with Crippen molar-refractivity contribution in [3.63, 3.8) is 0 Å². The molecule has 1 aliphatic carbocycles. The smallest absolute Gasteiger partial charge is 0.415 e. The maximum absolute atomic E-state index is 12.3. The fourth-order valence-corrected chi connectivity index (χ4v) is 4.91. The summed E-state index contributed by atoms with van der Waals surface area (Å²) in [7, 11) is 0. The minimum atomic E-state index is -0.377. The standard InChI is InChI=1S/C19H23ClN6O3S/c1-11(14-9-21-18(30-14)25-4-6-28-7-5-25)22-17-23-15(20)8-16(24-17)26-13(12-2-3-12)10-29-19(26)27/h8-9,11-13H,2-7,10H2,1H3,(H,22,23,24)/t11-,13?/m0/s1. The largest absolute Gasteiger partial charge is 0.447 e. The Bertz CT molecular complexity index is 933. The molecule has 3 aliphatic rings. The number of hydrogen-bond acceptors (Lipinski definition) is 9. The van der Waals surface area contributed by atoms with Crippen LogP contribution in [0.5, 0.6) is 0 Å². The number of thiazole rings is 1. The first-order valence-corrected chi connectivity index (χ1v) is 11.3. The molecule has 4 heterocycles. The molecule has 1 unspecified atom stereocenters. The van der Waals surface area contributed by atoms with E-state index in [0.29, 0.717) is 24.3 Å². The fourth-order valence-electron chi connectivity index (χ4n) is 3.76. The SMILES string of the molecule is C[C@H](Nc1nc(Cl)cc(N2C(=O)OCC2C2CC2)n1)c1cnc(N2CCOCC2)s1. The van der Waals surface area contributed by atoms with Crippen LogP contribution in [-0.2, 0) is 9.47 Å². The van der Waals surface area contributed by atoms with E-state index < -0.39 is 0 Å². The van der Waals surface area contributed by atoms with Crippen molar-refractivity contribution < 1.29 is 14.3 Å². The number of anilines is 3. The average Bonchev–Trinajstić information content (AvgIpc) is 3.32. The molecule has 160 valence electrons. The third-order valence-electron chi connectivity index (χ3n) is 5.57. The highest BCUT2D eigenvalue weighted by atomic mass is 35.5. The first-order valence-electron chi connectivity index (χ1n) is 10.1. The van der Waals surface area contributed by atoms with Gasteiger partial charge in [-0.2, -0.15) is 4.98 Å². The van der Waals surface area contributed by atoms with E-state index in [1.165, 1.54) is 0 Å². The molecular formula is C19H23ClN6O3S. The molecule has 1 saturated carbocycles. The number of carbonyl (C=O) groups excluding carboxylic acids is 1. The summed E-state index contributed by atoms with van der Waals surface area (Å²) in [4.78, 5) is 30.6. The molecule has 2 aliphatic heterocycles. The number of cyclic esters (lactones) is 1. The maximum Gasteiger partial charge on any atom is 0.415 e. The van der Waals surface area contributed by atoms with Crippen molar-refractivity contribution in [3.8, 4) is 0 Å². The van der Waals surface area contributed by atoms with E-state index in [9.17, 15) is 4.79 Å². The molecule has 2 aromatic rings. The average molecular weight is 451 g/mol. The molecular weight excluding hydrogens is 428 g/mol. The second-order valence-electron chi connectivity index (χ2n) is 7.73. The number of amides is 1. The van der Waals surface area contributed by atoms with Crippen molar-refractivity contribution in [1.82, 2.24) is 15.0 Å². The lowest BCUT2D eigenvalue weighted by Crippen LogP contribution is -2.36. The summed E-state index contributed by atoms with van der Waals surface area (Å²) in [5.74, 6) is 1.32. The molecule has 3 fully saturated rings. The van der Waals surface area contributed by atoms with Crippen LogP contribution in [0.2, 0.25) is 5.15 Å². The van der Waals surface area contributed by atoms with Gasteiger partial charge in [0.25, 0.3) is 0 Å². The van der Waals surface area contributed by atoms with Crippen molar-refractivity contribution in [2.24, 2.45) is 5.92 Å². The van der Waals surface area contributed by atoms with E-state index >= 15 is 0 Å². The number of hydrogen-bond donors (Lipinski definition) is 1. The molecule has 2 aromatic heterocycles. The van der Waals surface area contributed by atoms with Gasteiger partial charge in [0.2, 0.25) is 5.95 Å². The summed E-state index contributed by atoms with van der Waals surface area (Å²) in [5.41, 5.74) is 0. The molecule has 9 nitrogen and oxygen atoms in total. The van der Waals surface area contributed by atoms with Crippen LogP contribution in [0.4, 0.5) is 21.7 Å². The highest BCUT2D eigenvalue weighted by Gasteiger charge is 2.44. The number of carbonyl (C=O) groups is 1. The number of aromatic nitrogens is 3. The van der Waals surface area contributed by atoms with Crippen LogP contribution in [0.25, 0.3) is 0 Å². The lowest BCUT2D eigenvalue weighted by Gasteiger charge is -2.26. The molecule has 1 amide bonds. The van der Waals surface area contributed by atoms with Crippen LogP contribution in [0, 0.1) is 5.92 Å². The van der Waals surface area contributed by atoms with Gasteiger partial charge in [-0.15, -0.1) is 0 Å². The van der Waals surface area contributed by atoms with Gasteiger partial charge in [0.1, 0.15) is 17.6 Å². The van der Waals surface area contributed by atoms with Crippen molar-refractivity contribution in [3.05, 3.63) is 22.3 Å². The lowest BCUT2D eigenvalue weighted by molar-refractivity contribution is 0.122. The van der Waals surface area contributed by atoms with E-state index in [1.807, 2.05) is 13.1 Å². The minimum absolute atomic E-state index is 0.0197. The quantitative estimate of drug-likeness (QED) is 0.670. The maximum atomic E-state index is 12.3. The molecule has 0 bridgehead atoms. The Morgan fingerprint density at radius 3 is 2.87 bits per heavy atom. The van der Waals surface area contributed by atoms with Gasteiger partial charge in [0.15, 0.2) is 5.13 Å². The van der Waals surface area contributed by atoms with Crippen LogP contribution in [0.15, 0.2) is 12.3 Å². The molecule has 0 radical (unpaired) electrons. The Labute approximate surface area is 183 Å². The van der Waals surface area contributed by atoms with E-state index in [1.54, 1.807) is 22.3 Å². The van der Waals surface area contributed by atoms with Crippen LogP contribution in [-0.4, -0.2) is 60.0 Å². The Balaban J connectivity index is 1.32. The molecule has 0 spiro atoms. The zero-order valence-electron chi connectivity index (χ0n) is 16.6. The Kier molecular flexibility index (Phi) is 5.38. The van der Waals surface area contributed by atoms with E-state index in [4.69, 9.17) is 21.1 Å². The molecule has 11 heteroatoms. The zero-order chi connectivity index (χ0) is 20.7. The van der Waals surface area contributed by atoms with Gasteiger partial charge in [-0.1, -0.05) is 22.9 Å². The third-order valence-corrected chi connectivity index (χ3v) is 7.00. The summed E-state index contributed by atoms with van der Waals surface area (Å²) in [6.45, 7) is 5.58. The normalized spacial score (nSPS) is 22.9. The molecule has 1 N–H and O–H groups in total. The van der Waals surface area contributed by atoms with Gasteiger partial charge in [-0.3, -0.25) is 4.90 Å². The van der Waals surface area contributed by atoms with Crippen LogP contribution >= 0.6 is 22.9 Å². The Hall–Kier alpha value is -2.17. The summed E-state index contributed by atoms with van der Waals surface area (Å²) in [5, 5.41) is 4.56. The highest BCUT2D eigenvalue weighted by molar-refractivity contribution is 7.15. The Morgan fingerprint density at radius 2 is 2.10 bits per heavy atom. The van der Waals surface area contributed by atoms with E-state index in [0.717, 1.165) is 49.2 Å². The Morgan fingerprint density at radius 1 is 1.30 bits per heavy atom. The predicted molar refractivity (Wildman–Crippen MR) is 115 cm³/mol. The zero-order valence-corrected chi connectivity index (χ0v) is 18.2. The van der Waals surface area contributed by atoms with E-state index in [2.05, 4.69) is 25.2 Å². The summed E-state index contributed by atoms with van der Waals surface area (Å²) >= 11 is 7.89. The monoisotopic (exact) mass is 450 g/mol. The second-order valence-corrected chi connectivity index (χ2v) is 9.16. The summed E-state index contributed by atoms with van der Waals surface area (Å²) < 4.78 is 10.7.